The SMILES string of the molecule is CCCOc1ccc(-c2csc(NC(=O)CSc3ccc(C)cc3)n2)cc1. The smallest absolute Gasteiger partial charge is 0.236 e. The van der Waals surface area contributed by atoms with Crippen molar-refractivity contribution in [2.24, 2.45) is 0 Å². The summed E-state index contributed by atoms with van der Waals surface area (Å²) in [5, 5.41) is 5.44. The van der Waals surface area contributed by atoms with Crippen molar-refractivity contribution in [2.75, 3.05) is 17.7 Å². The fraction of sp³-hybridized carbons (Fsp3) is 0.238. The van der Waals surface area contributed by atoms with Crippen LogP contribution in [0.25, 0.3) is 11.3 Å². The number of ether oxygens (including phenoxy) is 1. The zero-order chi connectivity index (χ0) is 19.1. The Morgan fingerprint density at radius 3 is 2.59 bits per heavy atom. The fourth-order valence-electron chi connectivity index (χ4n) is 2.34. The van der Waals surface area contributed by atoms with Gasteiger partial charge >= 0.3 is 0 Å². The molecule has 0 aliphatic heterocycles. The minimum Gasteiger partial charge on any atom is -0.494 e. The van der Waals surface area contributed by atoms with Gasteiger partial charge in [-0.1, -0.05) is 24.6 Å². The maximum Gasteiger partial charge on any atom is 0.236 e. The van der Waals surface area contributed by atoms with E-state index < -0.39 is 0 Å². The Morgan fingerprint density at radius 1 is 1.15 bits per heavy atom. The molecule has 0 saturated carbocycles. The number of carbonyl (C=O) groups is 1. The number of hydrogen-bond acceptors (Lipinski definition) is 5. The number of nitrogens with zero attached hydrogens (tertiary/aromatic N) is 1. The van der Waals surface area contributed by atoms with Crippen molar-refractivity contribution in [3.05, 3.63) is 59.5 Å². The Labute approximate surface area is 168 Å². The molecule has 0 atom stereocenters. The number of aryl methyl sites for hydroxylation is 1. The lowest BCUT2D eigenvalue weighted by Gasteiger charge is -2.05. The van der Waals surface area contributed by atoms with Crippen molar-refractivity contribution in [3.8, 4) is 17.0 Å². The summed E-state index contributed by atoms with van der Waals surface area (Å²) in [4.78, 5) is 17.8. The highest BCUT2D eigenvalue weighted by atomic mass is 32.2. The standard InChI is InChI=1S/C21H22N2O2S2/c1-3-12-25-17-8-6-16(7-9-17)19-13-27-21(22-19)23-20(24)14-26-18-10-4-15(2)5-11-18/h4-11,13H,3,12,14H2,1-2H3,(H,22,23,24). The molecular formula is C21H22N2O2S2. The molecule has 1 heterocycles. The van der Waals surface area contributed by atoms with Crippen LogP contribution in [-0.4, -0.2) is 23.3 Å². The van der Waals surface area contributed by atoms with Crippen molar-refractivity contribution in [2.45, 2.75) is 25.2 Å². The molecule has 1 aromatic heterocycles. The van der Waals surface area contributed by atoms with Crippen molar-refractivity contribution in [3.63, 3.8) is 0 Å². The topological polar surface area (TPSA) is 51.2 Å². The van der Waals surface area contributed by atoms with Gasteiger partial charge in [-0.25, -0.2) is 4.98 Å². The number of carbonyl (C=O) groups excluding carboxylic acids is 1. The van der Waals surface area contributed by atoms with Crippen LogP contribution in [0.2, 0.25) is 0 Å². The second kappa shape index (κ2) is 9.58. The number of hydrogen-bond donors (Lipinski definition) is 1. The van der Waals surface area contributed by atoms with Crippen LogP contribution in [0.3, 0.4) is 0 Å². The zero-order valence-corrected chi connectivity index (χ0v) is 17.0. The summed E-state index contributed by atoms with van der Waals surface area (Å²) in [5.74, 6) is 1.17. The Bertz CT molecular complexity index is 874. The van der Waals surface area contributed by atoms with Gasteiger partial charge in [0, 0.05) is 15.8 Å². The first kappa shape index (κ1) is 19.5. The third kappa shape index (κ3) is 5.84. The van der Waals surface area contributed by atoms with Gasteiger partial charge in [0.05, 0.1) is 18.1 Å². The van der Waals surface area contributed by atoms with Gasteiger partial charge in [0.2, 0.25) is 5.91 Å². The molecule has 27 heavy (non-hydrogen) atoms. The molecule has 0 aliphatic rings. The van der Waals surface area contributed by atoms with E-state index in [4.69, 9.17) is 4.74 Å². The molecule has 0 spiro atoms. The Kier molecular flexibility index (Phi) is 6.90. The van der Waals surface area contributed by atoms with E-state index in [9.17, 15) is 4.79 Å². The van der Waals surface area contributed by atoms with Gasteiger partial charge in [-0.2, -0.15) is 0 Å². The Balaban J connectivity index is 1.54. The molecule has 0 saturated heterocycles. The lowest BCUT2D eigenvalue weighted by Crippen LogP contribution is -2.13. The lowest BCUT2D eigenvalue weighted by molar-refractivity contribution is -0.113. The van der Waals surface area contributed by atoms with Gasteiger partial charge in [0.1, 0.15) is 5.75 Å². The third-order valence-corrected chi connectivity index (χ3v) is 5.53. The molecule has 1 amide bonds. The lowest BCUT2D eigenvalue weighted by atomic mass is 10.2. The van der Waals surface area contributed by atoms with Gasteiger partial charge in [0.15, 0.2) is 5.13 Å². The van der Waals surface area contributed by atoms with Gasteiger partial charge in [-0.05, 0) is 49.7 Å². The molecule has 4 nitrogen and oxygen atoms in total. The molecule has 0 aliphatic carbocycles. The minimum atomic E-state index is -0.0511. The normalized spacial score (nSPS) is 10.6. The number of thiazole rings is 1. The van der Waals surface area contributed by atoms with E-state index in [1.807, 2.05) is 60.8 Å². The number of anilines is 1. The summed E-state index contributed by atoms with van der Waals surface area (Å²) in [6.45, 7) is 4.85. The monoisotopic (exact) mass is 398 g/mol. The van der Waals surface area contributed by atoms with Gasteiger partial charge in [-0.3, -0.25) is 4.79 Å². The third-order valence-electron chi connectivity index (χ3n) is 3.76. The average Bonchev–Trinajstić information content (AvgIpc) is 3.14. The second-order valence-corrected chi connectivity index (χ2v) is 7.97. The minimum absolute atomic E-state index is 0.0511. The van der Waals surface area contributed by atoms with E-state index in [0.29, 0.717) is 17.5 Å². The highest BCUT2D eigenvalue weighted by Gasteiger charge is 2.09. The molecule has 1 N–H and O–H groups in total. The van der Waals surface area contributed by atoms with E-state index in [1.54, 1.807) is 0 Å². The maximum absolute atomic E-state index is 12.2. The van der Waals surface area contributed by atoms with E-state index in [1.165, 1.54) is 28.7 Å². The predicted octanol–water partition coefficient (Wildman–Crippen LogP) is 5.64. The van der Waals surface area contributed by atoms with Crippen LogP contribution in [0.4, 0.5) is 5.13 Å². The summed E-state index contributed by atoms with van der Waals surface area (Å²) < 4.78 is 5.60. The van der Waals surface area contributed by atoms with Crippen molar-refractivity contribution in [1.29, 1.82) is 0 Å². The molecule has 6 heteroatoms. The van der Waals surface area contributed by atoms with Crippen LogP contribution in [0, 0.1) is 6.92 Å². The van der Waals surface area contributed by atoms with Crippen molar-refractivity contribution >= 4 is 34.1 Å². The molecule has 0 fully saturated rings. The molecule has 2 aromatic carbocycles. The van der Waals surface area contributed by atoms with Crippen molar-refractivity contribution in [1.82, 2.24) is 4.98 Å². The fourth-order valence-corrected chi connectivity index (χ4v) is 3.78. The Morgan fingerprint density at radius 2 is 1.89 bits per heavy atom. The van der Waals surface area contributed by atoms with Gasteiger partial charge < -0.3 is 10.1 Å². The van der Waals surface area contributed by atoms with E-state index in [-0.39, 0.29) is 5.91 Å². The number of benzene rings is 2. The maximum atomic E-state index is 12.2. The van der Waals surface area contributed by atoms with E-state index >= 15 is 0 Å². The molecule has 0 unspecified atom stereocenters. The first-order valence-corrected chi connectivity index (χ1v) is 10.7. The van der Waals surface area contributed by atoms with Crippen LogP contribution in [-0.2, 0) is 4.79 Å². The molecule has 140 valence electrons. The molecular weight excluding hydrogens is 376 g/mol. The largest absolute Gasteiger partial charge is 0.494 e. The number of nitrogens with one attached hydrogen (secondary N) is 1. The zero-order valence-electron chi connectivity index (χ0n) is 15.4. The highest BCUT2D eigenvalue weighted by Crippen LogP contribution is 2.27. The summed E-state index contributed by atoms with van der Waals surface area (Å²) in [6.07, 6.45) is 0.985. The first-order chi connectivity index (χ1) is 13.1. The number of aromatic nitrogens is 1. The quantitative estimate of drug-likeness (QED) is 0.499. The molecule has 0 radical (unpaired) electrons. The summed E-state index contributed by atoms with van der Waals surface area (Å²) >= 11 is 2.95. The molecule has 3 rings (SSSR count). The summed E-state index contributed by atoms with van der Waals surface area (Å²) in [7, 11) is 0. The highest BCUT2D eigenvalue weighted by molar-refractivity contribution is 8.00. The average molecular weight is 399 g/mol. The molecule has 0 bridgehead atoms. The van der Waals surface area contributed by atoms with E-state index in [0.717, 1.165) is 28.3 Å². The Hall–Kier alpha value is -2.31. The number of amides is 1. The number of rotatable bonds is 8. The number of thioether (sulfide) groups is 1. The van der Waals surface area contributed by atoms with Crippen LogP contribution < -0.4 is 10.1 Å². The van der Waals surface area contributed by atoms with Crippen LogP contribution in [0.1, 0.15) is 18.9 Å². The van der Waals surface area contributed by atoms with Gasteiger partial charge in [-0.15, -0.1) is 23.1 Å². The second-order valence-electron chi connectivity index (χ2n) is 6.06. The van der Waals surface area contributed by atoms with Crippen molar-refractivity contribution < 1.29 is 9.53 Å². The van der Waals surface area contributed by atoms with Crippen LogP contribution >= 0.6 is 23.1 Å². The van der Waals surface area contributed by atoms with Crippen LogP contribution in [0.15, 0.2) is 58.8 Å². The molecule has 3 aromatic rings. The van der Waals surface area contributed by atoms with E-state index in [2.05, 4.69) is 17.2 Å². The summed E-state index contributed by atoms with van der Waals surface area (Å²) in [5.41, 5.74) is 3.07. The van der Waals surface area contributed by atoms with Crippen LogP contribution in [0.5, 0.6) is 5.75 Å². The summed E-state index contributed by atoms with van der Waals surface area (Å²) in [6, 6.07) is 16.0. The van der Waals surface area contributed by atoms with Gasteiger partial charge in [0.25, 0.3) is 0 Å². The first-order valence-electron chi connectivity index (χ1n) is 8.82. The predicted molar refractivity (Wildman–Crippen MR) is 114 cm³/mol.